The molecule has 0 bridgehead atoms. The SMILES string of the molecule is C/C(N)=C(\C(=O)NC1(CO)CCNC1=O)c1cc(OCc2ccccc2F)ccn1. The van der Waals surface area contributed by atoms with Gasteiger partial charge in [0.05, 0.1) is 17.9 Å². The molecule has 1 atom stereocenters. The highest BCUT2D eigenvalue weighted by Crippen LogP contribution is 2.23. The highest BCUT2D eigenvalue weighted by Gasteiger charge is 2.44. The summed E-state index contributed by atoms with van der Waals surface area (Å²) in [6.45, 7) is 1.33. The third-order valence-electron chi connectivity index (χ3n) is 4.86. The molecule has 1 saturated heterocycles. The summed E-state index contributed by atoms with van der Waals surface area (Å²) in [5.41, 5.74) is 5.36. The number of nitrogens with zero attached hydrogens (tertiary/aromatic N) is 1. The predicted molar refractivity (Wildman–Crippen MR) is 107 cm³/mol. The number of aromatic nitrogens is 1. The van der Waals surface area contributed by atoms with E-state index in [0.29, 0.717) is 17.9 Å². The van der Waals surface area contributed by atoms with Gasteiger partial charge in [-0.3, -0.25) is 14.6 Å². The van der Waals surface area contributed by atoms with E-state index in [1.54, 1.807) is 24.3 Å². The third kappa shape index (κ3) is 4.41. The molecule has 1 aliphatic heterocycles. The van der Waals surface area contributed by atoms with Crippen molar-refractivity contribution in [1.29, 1.82) is 0 Å². The van der Waals surface area contributed by atoms with E-state index in [1.165, 1.54) is 25.3 Å². The molecule has 1 aromatic heterocycles. The Morgan fingerprint density at radius 1 is 1.40 bits per heavy atom. The standard InChI is InChI=1S/C21H23FN4O4/c1-13(23)18(19(28)26-21(12-27)7-9-25-20(21)29)17-10-15(6-8-24-17)30-11-14-4-2-3-5-16(14)22/h2-6,8,10,27H,7,9,11-12,23H2,1H3,(H,25,29)(H,26,28)/b18-13+. The summed E-state index contributed by atoms with van der Waals surface area (Å²) >= 11 is 0. The van der Waals surface area contributed by atoms with E-state index in [2.05, 4.69) is 15.6 Å². The van der Waals surface area contributed by atoms with E-state index in [1.807, 2.05) is 0 Å². The molecule has 2 amide bonds. The van der Waals surface area contributed by atoms with Gasteiger partial charge in [-0.25, -0.2) is 4.39 Å². The lowest BCUT2D eigenvalue weighted by Gasteiger charge is -2.25. The van der Waals surface area contributed by atoms with Crippen LogP contribution in [-0.4, -0.2) is 40.6 Å². The minimum atomic E-state index is -1.41. The largest absolute Gasteiger partial charge is 0.489 e. The number of nitrogens with two attached hydrogens (primary N) is 1. The Bertz CT molecular complexity index is 990. The van der Waals surface area contributed by atoms with Gasteiger partial charge >= 0.3 is 0 Å². The molecule has 158 valence electrons. The van der Waals surface area contributed by atoms with Gasteiger partial charge in [-0.2, -0.15) is 0 Å². The molecular formula is C21H23FN4O4. The minimum absolute atomic E-state index is 0.00320. The zero-order chi connectivity index (χ0) is 21.7. The van der Waals surface area contributed by atoms with Crippen LogP contribution in [0.5, 0.6) is 5.75 Å². The molecule has 0 aliphatic carbocycles. The van der Waals surface area contributed by atoms with Crippen molar-refractivity contribution >= 4 is 17.4 Å². The van der Waals surface area contributed by atoms with Crippen molar-refractivity contribution in [3.05, 3.63) is 65.4 Å². The fraction of sp³-hybridized carbons (Fsp3) is 0.286. The van der Waals surface area contributed by atoms with E-state index in [4.69, 9.17) is 10.5 Å². The van der Waals surface area contributed by atoms with Crippen molar-refractivity contribution in [3.63, 3.8) is 0 Å². The van der Waals surface area contributed by atoms with Crippen LogP contribution >= 0.6 is 0 Å². The Balaban J connectivity index is 1.81. The van der Waals surface area contributed by atoms with Crippen molar-refractivity contribution in [1.82, 2.24) is 15.6 Å². The van der Waals surface area contributed by atoms with Gasteiger partial charge in [0.2, 0.25) is 5.91 Å². The molecular weight excluding hydrogens is 391 g/mol. The maximum atomic E-state index is 13.8. The number of ether oxygens (including phenoxy) is 1. The number of carbonyl (C=O) groups is 2. The molecule has 1 aliphatic rings. The Morgan fingerprint density at radius 2 is 2.17 bits per heavy atom. The molecule has 5 N–H and O–H groups in total. The number of pyridine rings is 1. The lowest BCUT2D eigenvalue weighted by Crippen LogP contribution is -2.56. The first kappa shape index (κ1) is 21.3. The van der Waals surface area contributed by atoms with E-state index >= 15 is 0 Å². The second-order valence-corrected chi connectivity index (χ2v) is 7.02. The summed E-state index contributed by atoms with van der Waals surface area (Å²) in [5, 5.41) is 14.9. The lowest BCUT2D eigenvalue weighted by atomic mass is 9.97. The number of rotatable bonds is 7. The summed E-state index contributed by atoms with van der Waals surface area (Å²) in [4.78, 5) is 29.2. The summed E-state index contributed by atoms with van der Waals surface area (Å²) < 4.78 is 19.4. The van der Waals surface area contributed by atoms with Crippen LogP contribution in [0.25, 0.3) is 5.57 Å². The number of amides is 2. The van der Waals surface area contributed by atoms with Crippen LogP contribution in [0.1, 0.15) is 24.6 Å². The van der Waals surface area contributed by atoms with Gasteiger partial charge in [0, 0.05) is 30.1 Å². The van der Waals surface area contributed by atoms with Gasteiger partial charge in [0.1, 0.15) is 23.7 Å². The number of benzene rings is 1. The van der Waals surface area contributed by atoms with Gasteiger partial charge in [-0.1, -0.05) is 18.2 Å². The molecule has 3 rings (SSSR count). The summed E-state index contributed by atoms with van der Waals surface area (Å²) in [5.74, 6) is -1.11. The molecule has 9 heteroatoms. The second-order valence-electron chi connectivity index (χ2n) is 7.02. The quantitative estimate of drug-likeness (QED) is 0.498. The van der Waals surface area contributed by atoms with Gasteiger partial charge < -0.3 is 26.2 Å². The normalized spacial score (nSPS) is 19.1. The summed E-state index contributed by atoms with van der Waals surface area (Å²) in [6.07, 6.45) is 1.69. The van der Waals surface area contributed by atoms with Crippen LogP contribution in [-0.2, 0) is 16.2 Å². The molecule has 2 aromatic rings. The van der Waals surface area contributed by atoms with Crippen LogP contribution in [0.2, 0.25) is 0 Å². The Kier molecular flexibility index (Phi) is 6.31. The Hall–Kier alpha value is -3.46. The van der Waals surface area contributed by atoms with Crippen LogP contribution in [0, 0.1) is 5.82 Å². The zero-order valence-corrected chi connectivity index (χ0v) is 16.4. The minimum Gasteiger partial charge on any atom is -0.489 e. The number of carbonyl (C=O) groups excluding carboxylic acids is 2. The highest BCUT2D eigenvalue weighted by atomic mass is 19.1. The van der Waals surface area contributed by atoms with E-state index in [9.17, 15) is 19.1 Å². The summed E-state index contributed by atoms with van der Waals surface area (Å²) in [7, 11) is 0. The molecule has 0 saturated carbocycles. The molecule has 1 unspecified atom stereocenters. The van der Waals surface area contributed by atoms with Crippen LogP contribution in [0.4, 0.5) is 4.39 Å². The fourth-order valence-corrected chi connectivity index (χ4v) is 3.17. The fourth-order valence-electron chi connectivity index (χ4n) is 3.17. The van der Waals surface area contributed by atoms with Gasteiger partial charge in [0.25, 0.3) is 5.91 Å². The van der Waals surface area contributed by atoms with Crippen LogP contribution in [0.15, 0.2) is 48.3 Å². The van der Waals surface area contributed by atoms with Crippen molar-refractivity contribution in [2.75, 3.05) is 13.2 Å². The maximum Gasteiger partial charge on any atom is 0.256 e. The topological polar surface area (TPSA) is 127 Å². The smallest absolute Gasteiger partial charge is 0.256 e. The van der Waals surface area contributed by atoms with Gasteiger partial charge in [0.15, 0.2) is 0 Å². The number of hydrogen-bond donors (Lipinski definition) is 4. The number of allylic oxidation sites excluding steroid dienone is 1. The average Bonchev–Trinajstić information content (AvgIpc) is 3.08. The molecule has 2 heterocycles. The van der Waals surface area contributed by atoms with E-state index in [0.717, 1.165) is 0 Å². The first-order chi connectivity index (χ1) is 14.4. The zero-order valence-electron chi connectivity index (χ0n) is 16.4. The van der Waals surface area contributed by atoms with Gasteiger partial charge in [-0.05, 0) is 25.5 Å². The van der Waals surface area contributed by atoms with Gasteiger partial charge in [-0.15, -0.1) is 0 Å². The monoisotopic (exact) mass is 414 g/mol. The maximum absolute atomic E-state index is 13.8. The van der Waals surface area contributed by atoms with E-state index < -0.39 is 24.0 Å². The van der Waals surface area contributed by atoms with E-state index in [-0.39, 0.29) is 35.8 Å². The Morgan fingerprint density at radius 3 is 2.80 bits per heavy atom. The molecule has 0 spiro atoms. The van der Waals surface area contributed by atoms with Crippen molar-refractivity contribution in [2.45, 2.75) is 25.5 Å². The number of aliphatic hydroxyl groups is 1. The second kappa shape index (κ2) is 8.91. The highest BCUT2D eigenvalue weighted by molar-refractivity contribution is 6.21. The molecule has 1 aromatic carbocycles. The van der Waals surface area contributed by atoms with Crippen molar-refractivity contribution in [3.8, 4) is 5.75 Å². The number of aliphatic hydroxyl groups excluding tert-OH is 1. The lowest BCUT2D eigenvalue weighted by molar-refractivity contribution is -0.130. The number of halogens is 1. The third-order valence-corrected chi connectivity index (χ3v) is 4.86. The van der Waals surface area contributed by atoms with Crippen LogP contribution in [0.3, 0.4) is 0 Å². The Labute approximate surface area is 172 Å². The molecule has 1 fully saturated rings. The first-order valence-corrected chi connectivity index (χ1v) is 9.37. The van der Waals surface area contributed by atoms with Crippen molar-refractivity contribution < 1.29 is 23.8 Å². The number of hydrogen-bond acceptors (Lipinski definition) is 6. The molecule has 8 nitrogen and oxygen atoms in total. The average molecular weight is 414 g/mol. The summed E-state index contributed by atoms with van der Waals surface area (Å²) in [6, 6.07) is 9.33. The van der Waals surface area contributed by atoms with Crippen LogP contribution < -0.4 is 21.1 Å². The van der Waals surface area contributed by atoms with Crippen molar-refractivity contribution in [2.24, 2.45) is 5.73 Å². The molecule has 0 radical (unpaired) electrons. The predicted octanol–water partition coefficient (Wildman–Crippen LogP) is 0.857. The molecule has 30 heavy (non-hydrogen) atoms. The first-order valence-electron chi connectivity index (χ1n) is 9.37. The number of nitrogens with one attached hydrogen (secondary N) is 2.